The lowest BCUT2D eigenvalue weighted by atomic mass is 9.90. The minimum Gasteiger partial charge on any atom is -0.508 e. The monoisotopic (exact) mass is 360 g/mol. The first-order valence-electron chi connectivity index (χ1n) is 8.43. The van der Waals surface area contributed by atoms with Crippen LogP contribution in [0.25, 0.3) is 0 Å². The van der Waals surface area contributed by atoms with Crippen molar-refractivity contribution in [1.29, 1.82) is 0 Å². The maximum absolute atomic E-state index is 12.7. The van der Waals surface area contributed by atoms with Crippen LogP contribution in [0.1, 0.15) is 54.3 Å². The van der Waals surface area contributed by atoms with Crippen LogP contribution in [0.2, 0.25) is 0 Å². The van der Waals surface area contributed by atoms with Crippen LogP contribution >= 0.6 is 0 Å². The van der Waals surface area contributed by atoms with Crippen LogP contribution in [0.5, 0.6) is 17.2 Å². The molecule has 138 valence electrons. The number of rotatable bonds is 5. The second-order valence-electron chi connectivity index (χ2n) is 6.51. The van der Waals surface area contributed by atoms with Crippen molar-refractivity contribution in [3.8, 4) is 17.2 Å². The Balaban J connectivity index is 1.99. The summed E-state index contributed by atoms with van der Waals surface area (Å²) in [4.78, 5) is 24.1. The molecule has 7 nitrogen and oxygen atoms in total. The number of ether oxygens (including phenoxy) is 1. The Labute approximate surface area is 149 Å². The highest BCUT2D eigenvalue weighted by atomic mass is 16.6. The molecular weight excluding hydrogens is 340 g/mol. The number of carbonyl (C=O) groups is 1. The number of ketones is 1. The molecule has 0 fully saturated rings. The molecule has 3 rings (SSSR count). The molecule has 1 aromatic heterocycles. The van der Waals surface area contributed by atoms with Gasteiger partial charge in [-0.3, -0.25) is 4.79 Å². The summed E-state index contributed by atoms with van der Waals surface area (Å²) in [6.45, 7) is 1.97. The number of hydrogen-bond donors (Lipinski definition) is 3. The van der Waals surface area contributed by atoms with Crippen LogP contribution in [-0.2, 0) is 6.42 Å². The van der Waals surface area contributed by atoms with E-state index in [4.69, 9.17) is 9.15 Å². The van der Waals surface area contributed by atoms with Crippen molar-refractivity contribution in [2.45, 2.75) is 44.8 Å². The van der Waals surface area contributed by atoms with Crippen LogP contribution in [-0.4, -0.2) is 26.9 Å². The summed E-state index contributed by atoms with van der Waals surface area (Å²) >= 11 is 0. The van der Waals surface area contributed by atoms with Crippen molar-refractivity contribution in [1.82, 2.24) is 0 Å². The van der Waals surface area contributed by atoms with Gasteiger partial charge in [0.2, 0.25) is 5.79 Å². The van der Waals surface area contributed by atoms with Crippen LogP contribution < -0.4 is 10.4 Å². The first-order chi connectivity index (χ1) is 12.3. The van der Waals surface area contributed by atoms with Gasteiger partial charge in [-0.15, -0.1) is 0 Å². The first kappa shape index (κ1) is 18.0. The van der Waals surface area contributed by atoms with Crippen LogP contribution in [0.3, 0.4) is 0 Å². The largest absolute Gasteiger partial charge is 0.508 e. The Morgan fingerprint density at radius 3 is 2.54 bits per heavy atom. The van der Waals surface area contributed by atoms with Crippen LogP contribution in [0.15, 0.2) is 33.5 Å². The fourth-order valence-electron chi connectivity index (χ4n) is 3.16. The van der Waals surface area contributed by atoms with E-state index in [2.05, 4.69) is 0 Å². The van der Waals surface area contributed by atoms with E-state index in [0.29, 0.717) is 18.4 Å². The molecule has 0 bridgehead atoms. The number of Topliss-reactive ketones (excluding diaryl/α,β-unsaturated/α-hetero) is 1. The van der Waals surface area contributed by atoms with Gasteiger partial charge in [0.25, 0.3) is 0 Å². The fraction of sp³-hybridized carbons (Fsp3) is 0.368. The lowest BCUT2D eigenvalue weighted by Gasteiger charge is -2.34. The van der Waals surface area contributed by atoms with Gasteiger partial charge in [0.05, 0.1) is 18.1 Å². The Hall–Kier alpha value is -2.80. The van der Waals surface area contributed by atoms with Crippen molar-refractivity contribution < 1.29 is 29.3 Å². The highest BCUT2D eigenvalue weighted by Crippen LogP contribution is 2.39. The summed E-state index contributed by atoms with van der Waals surface area (Å²) in [5, 5.41) is 30.1. The van der Waals surface area contributed by atoms with E-state index < -0.39 is 11.4 Å². The second-order valence-corrected chi connectivity index (χ2v) is 6.51. The van der Waals surface area contributed by atoms with Gasteiger partial charge in [-0.05, 0) is 18.1 Å². The van der Waals surface area contributed by atoms with Crippen molar-refractivity contribution in [2.24, 2.45) is 0 Å². The molecule has 2 aromatic rings. The van der Waals surface area contributed by atoms with E-state index in [1.807, 2.05) is 6.92 Å². The zero-order valence-electron chi connectivity index (χ0n) is 14.3. The van der Waals surface area contributed by atoms with Crippen molar-refractivity contribution in [3.63, 3.8) is 0 Å². The number of phenols is 1. The van der Waals surface area contributed by atoms with Crippen molar-refractivity contribution in [3.05, 3.63) is 51.6 Å². The van der Waals surface area contributed by atoms with Gasteiger partial charge in [0.15, 0.2) is 5.78 Å². The van der Waals surface area contributed by atoms with E-state index >= 15 is 0 Å². The van der Waals surface area contributed by atoms with Gasteiger partial charge in [-0.1, -0.05) is 13.3 Å². The first-order valence-corrected chi connectivity index (χ1v) is 8.43. The predicted octanol–water partition coefficient (Wildman–Crippen LogP) is 2.49. The molecule has 0 radical (unpaired) electrons. The van der Waals surface area contributed by atoms with Crippen molar-refractivity contribution in [2.75, 3.05) is 0 Å². The third kappa shape index (κ3) is 3.72. The summed E-state index contributed by atoms with van der Waals surface area (Å²) in [5.41, 5.74) is -0.100. The van der Waals surface area contributed by atoms with Gasteiger partial charge < -0.3 is 24.5 Å². The number of unbranched alkanes of at least 4 members (excludes halogenated alkanes) is 1. The highest BCUT2D eigenvalue weighted by molar-refractivity contribution is 6.02. The van der Waals surface area contributed by atoms with Gasteiger partial charge in [0, 0.05) is 25.0 Å². The summed E-state index contributed by atoms with van der Waals surface area (Å²) in [7, 11) is 0. The molecule has 2 heterocycles. The van der Waals surface area contributed by atoms with Crippen LogP contribution in [0, 0.1) is 0 Å². The lowest BCUT2D eigenvalue weighted by Crippen LogP contribution is -2.42. The molecule has 26 heavy (non-hydrogen) atoms. The Morgan fingerprint density at radius 1 is 1.12 bits per heavy atom. The van der Waals surface area contributed by atoms with Gasteiger partial charge >= 0.3 is 5.63 Å². The Bertz CT molecular complexity index is 899. The van der Waals surface area contributed by atoms with Crippen molar-refractivity contribution >= 4 is 5.78 Å². The van der Waals surface area contributed by atoms with Gasteiger partial charge in [-0.25, -0.2) is 4.79 Å². The molecule has 0 amide bonds. The number of fused-ring (bicyclic) bond motifs is 1. The topological polar surface area (TPSA) is 117 Å². The lowest BCUT2D eigenvalue weighted by molar-refractivity contribution is -0.145. The number of phenolic OH excluding ortho intramolecular Hbond substituents is 1. The molecule has 1 atom stereocenters. The normalized spacial score (nSPS) is 19.1. The molecule has 0 unspecified atom stereocenters. The van der Waals surface area contributed by atoms with Crippen LogP contribution in [0.4, 0.5) is 0 Å². The predicted molar refractivity (Wildman–Crippen MR) is 91.6 cm³/mol. The maximum Gasteiger partial charge on any atom is 0.339 e. The molecule has 1 aliphatic heterocycles. The average molecular weight is 360 g/mol. The molecule has 0 aliphatic carbocycles. The average Bonchev–Trinajstić information content (AvgIpc) is 2.50. The second kappa shape index (κ2) is 6.84. The quantitative estimate of drug-likeness (QED) is 0.750. The number of aliphatic hydroxyl groups is 1. The smallest absolute Gasteiger partial charge is 0.339 e. The molecule has 1 aromatic carbocycles. The minimum atomic E-state index is -1.59. The van der Waals surface area contributed by atoms with E-state index in [0.717, 1.165) is 12.5 Å². The Kier molecular flexibility index (Phi) is 4.73. The fourth-order valence-corrected chi connectivity index (χ4v) is 3.16. The molecule has 0 saturated heterocycles. The number of hydrogen-bond acceptors (Lipinski definition) is 7. The third-order valence-corrected chi connectivity index (χ3v) is 4.28. The molecule has 3 N–H and O–H groups in total. The highest BCUT2D eigenvalue weighted by Gasteiger charge is 2.39. The summed E-state index contributed by atoms with van der Waals surface area (Å²) in [6, 6.07) is 4.86. The van der Waals surface area contributed by atoms with Gasteiger partial charge in [-0.2, -0.15) is 0 Å². The summed E-state index contributed by atoms with van der Waals surface area (Å²) < 4.78 is 10.7. The molecule has 0 spiro atoms. The van der Waals surface area contributed by atoms with E-state index in [1.165, 1.54) is 18.2 Å². The summed E-state index contributed by atoms with van der Waals surface area (Å²) in [5.74, 6) is -2.07. The maximum atomic E-state index is 12.7. The zero-order valence-corrected chi connectivity index (χ0v) is 14.3. The molecular formula is C19H20O7. The van der Waals surface area contributed by atoms with E-state index in [-0.39, 0.29) is 47.2 Å². The van der Waals surface area contributed by atoms with Gasteiger partial charge in [0.1, 0.15) is 23.0 Å². The zero-order chi connectivity index (χ0) is 18.9. The number of benzene rings is 1. The minimum absolute atomic E-state index is 0.00284. The molecule has 0 saturated carbocycles. The molecule has 7 heteroatoms. The SMILES string of the molecule is CCCC[C@@]1(O)CC(=O)c2c(Cc3cc(O)cc(=O)o3)cc(O)cc2O1. The van der Waals surface area contributed by atoms with E-state index in [9.17, 15) is 24.9 Å². The van der Waals surface area contributed by atoms with E-state index in [1.54, 1.807) is 0 Å². The third-order valence-electron chi connectivity index (χ3n) is 4.28. The standard InChI is InChI=1S/C19H20O7/c1-2-3-4-19(24)10-15(22)18-11(5-12(20)8-16(18)26-19)6-14-7-13(21)9-17(23)25-14/h5,7-9,20-21,24H,2-4,6,10H2,1H3/t19-/m0/s1. The number of aromatic hydroxyl groups is 2. The summed E-state index contributed by atoms with van der Waals surface area (Å²) in [6.07, 6.45) is 1.65. The molecule has 1 aliphatic rings. The Morgan fingerprint density at radius 2 is 1.85 bits per heavy atom. The number of carbonyl (C=O) groups excluding carboxylic acids is 1.